The van der Waals surface area contributed by atoms with E-state index in [1.54, 1.807) is 12.1 Å². The number of nitrogens with one attached hydrogen (secondary N) is 1. The fourth-order valence-electron chi connectivity index (χ4n) is 2.32. The molecule has 29 heavy (non-hydrogen) atoms. The number of rotatable bonds is 8. The van der Waals surface area contributed by atoms with Gasteiger partial charge in [0, 0.05) is 17.8 Å². The molecule has 0 saturated carbocycles. The SMILES string of the molecule is COc1cc(/C=C/C(=O)OCC(=O)Nc2ccc(F)c(F)c2)cc(OC)c1OC. The largest absolute Gasteiger partial charge is 0.493 e. The fraction of sp³-hybridized carbons (Fsp3) is 0.200. The molecule has 0 aromatic heterocycles. The van der Waals surface area contributed by atoms with Crippen molar-refractivity contribution in [3.05, 3.63) is 53.6 Å². The fourth-order valence-corrected chi connectivity index (χ4v) is 2.32. The molecular weight excluding hydrogens is 388 g/mol. The molecule has 2 rings (SSSR count). The quantitative estimate of drug-likeness (QED) is 0.535. The van der Waals surface area contributed by atoms with Crippen LogP contribution in [0.1, 0.15) is 5.56 Å². The predicted molar refractivity (Wildman–Crippen MR) is 101 cm³/mol. The zero-order chi connectivity index (χ0) is 21.4. The first-order chi connectivity index (χ1) is 13.9. The van der Waals surface area contributed by atoms with E-state index in [1.165, 1.54) is 33.5 Å². The summed E-state index contributed by atoms with van der Waals surface area (Å²) in [6.45, 7) is -0.600. The van der Waals surface area contributed by atoms with Crippen molar-refractivity contribution in [3.8, 4) is 17.2 Å². The number of esters is 1. The summed E-state index contributed by atoms with van der Waals surface area (Å²) in [5, 5.41) is 2.29. The highest BCUT2D eigenvalue weighted by molar-refractivity contribution is 5.94. The molecule has 7 nitrogen and oxygen atoms in total. The molecule has 9 heteroatoms. The lowest BCUT2D eigenvalue weighted by molar-refractivity contribution is -0.142. The number of hydrogen-bond donors (Lipinski definition) is 1. The molecule has 2 aromatic rings. The van der Waals surface area contributed by atoms with Gasteiger partial charge in [-0.25, -0.2) is 13.6 Å². The minimum Gasteiger partial charge on any atom is -0.493 e. The van der Waals surface area contributed by atoms with Crippen LogP contribution in [-0.2, 0) is 14.3 Å². The van der Waals surface area contributed by atoms with Gasteiger partial charge in [0.1, 0.15) is 0 Å². The smallest absolute Gasteiger partial charge is 0.331 e. The van der Waals surface area contributed by atoms with Crippen LogP contribution >= 0.6 is 0 Å². The molecular formula is C20H19F2NO6. The predicted octanol–water partition coefficient (Wildman–Crippen LogP) is 3.19. The van der Waals surface area contributed by atoms with Gasteiger partial charge in [0.25, 0.3) is 5.91 Å². The Bertz CT molecular complexity index is 904. The van der Waals surface area contributed by atoms with Crippen LogP contribution in [0.4, 0.5) is 14.5 Å². The third-order valence-electron chi connectivity index (χ3n) is 3.65. The molecule has 0 heterocycles. The van der Waals surface area contributed by atoms with E-state index in [0.717, 1.165) is 18.2 Å². The molecule has 1 N–H and O–H groups in total. The van der Waals surface area contributed by atoms with Crippen LogP contribution in [0, 0.1) is 11.6 Å². The zero-order valence-electron chi connectivity index (χ0n) is 16.0. The van der Waals surface area contributed by atoms with Crippen molar-refractivity contribution in [2.45, 2.75) is 0 Å². The number of amides is 1. The van der Waals surface area contributed by atoms with Gasteiger partial charge in [-0.05, 0) is 35.9 Å². The van der Waals surface area contributed by atoms with E-state index in [-0.39, 0.29) is 5.69 Å². The average Bonchev–Trinajstić information content (AvgIpc) is 2.72. The summed E-state index contributed by atoms with van der Waals surface area (Å²) < 4.78 is 46.4. The van der Waals surface area contributed by atoms with E-state index < -0.39 is 30.1 Å². The van der Waals surface area contributed by atoms with Gasteiger partial charge < -0.3 is 24.3 Å². The molecule has 0 bridgehead atoms. The van der Waals surface area contributed by atoms with Gasteiger partial charge in [0.05, 0.1) is 21.3 Å². The molecule has 0 unspecified atom stereocenters. The van der Waals surface area contributed by atoms with Crippen LogP contribution in [0.15, 0.2) is 36.4 Å². The number of halogens is 2. The maximum Gasteiger partial charge on any atom is 0.331 e. The van der Waals surface area contributed by atoms with Gasteiger partial charge in [-0.15, -0.1) is 0 Å². The minimum atomic E-state index is -1.10. The monoisotopic (exact) mass is 407 g/mol. The molecule has 0 atom stereocenters. The van der Waals surface area contributed by atoms with E-state index in [9.17, 15) is 18.4 Å². The van der Waals surface area contributed by atoms with Crippen molar-refractivity contribution in [2.24, 2.45) is 0 Å². The summed E-state index contributed by atoms with van der Waals surface area (Å²) in [7, 11) is 4.40. The molecule has 0 aliphatic heterocycles. The number of anilines is 1. The lowest BCUT2D eigenvalue weighted by Gasteiger charge is -2.12. The molecule has 0 fully saturated rings. The number of benzene rings is 2. The Morgan fingerprint density at radius 2 is 1.62 bits per heavy atom. The van der Waals surface area contributed by atoms with Gasteiger partial charge in [0.15, 0.2) is 29.7 Å². The zero-order valence-corrected chi connectivity index (χ0v) is 16.0. The van der Waals surface area contributed by atoms with E-state index in [2.05, 4.69) is 5.32 Å². The van der Waals surface area contributed by atoms with Crippen molar-refractivity contribution in [3.63, 3.8) is 0 Å². The second-order valence-corrected chi connectivity index (χ2v) is 5.58. The summed E-state index contributed by atoms with van der Waals surface area (Å²) in [4.78, 5) is 23.6. The highest BCUT2D eigenvalue weighted by Crippen LogP contribution is 2.38. The summed E-state index contributed by atoms with van der Waals surface area (Å²) in [6.07, 6.45) is 2.56. The number of methoxy groups -OCH3 is 3. The second kappa shape index (κ2) is 10.1. The topological polar surface area (TPSA) is 83.1 Å². The van der Waals surface area contributed by atoms with E-state index in [0.29, 0.717) is 22.8 Å². The lowest BCUT2D eigenvalue weighted by Crippen LogP contribution is -2.20. The number of carbonyl (C=O) groups excluding carboxylic acids is 2. The van der Waals surface area contributed by atoms with Gasteiger partial charge in [-0.3, -0.25) is 4.79 Å². The van der Waals surface area contributed by atoms with Crippen molar-refractivity contribution in [1.82, 2.24) is 0 Å². The Balaban J connectivity index is 1.95. The number of ether oxygens (including phenoxy) is 4. The second-order valence-electron chi connectivity index (χ2n) is 5.58. The first-order valence-electron chi connectivity index (χ1n) is 8.27. The summed E-state index contributed by atoms with van der Waals surface area (Å²) >= 11 is 0. The lowest BCUT2D eigenvalue weighted by atomic mass is 10.1. The molecule has 2 aromatic carbocycles. The molecule has 0 aliphatic carbocycles. The summed E-state index contributed by atoms with van der Waals surface area (Å²) in [6, 6.07) is 6.13. The van der Waals surface area contributed by atoms with Crippen LogP contribution in [0.3, 0.4) is 0 Å². The van der Waals surface area contributed by atoms with Gasteiger partial charge in [0.2, 0.25) is 5.75 Å². The first kappa shape index (κ1) is 21.7. The van der Waals surface area contributed by atoms with Crippen LogP contribution in [0.5, 0.6) is 17.2 Å². The minimum absolute atomic E-state index is 0.0397. The van der Waals surface area contributed by atoms with Crippen LogP contribution < -0.4 is 19.5 Å². The number of carbonyl (C=O) groups is 2. The van der Waals surface area contributed by atoms with Crippen LogP contribution in [0.2, 0.25) is 0 Å². The molecule has 0 saturated heterocycles. The van der Waals surface area contributed by atoms with Crippen molar-refractivity contribution in [1.29, 1.82) is 0 Å². The van der Waals surface area contributed by atoms with E-state index in [1.807, 2.05) is 0 Å². The van der Waals surface area contributed by atoms with Gasteiger partial charge in [-0.2, -0.15) is 0 Å². The van der Waals surface area contributed by atoms with Gasteiger partial charge in [-0.1, -0.05) is 0 Å². The summed E-state index contributed by atoms with van der Waals surface area (Å²) in [5.41, 5.74) is 0.612. The Morgan fingerprint density at radius 1 is 0.966 bits per heavy atom. The Kier molecular flexibility index (Phi) is 7.53. The highest BCUT2D eigenvalue weighted by atomic mass is 19.2. The normalized spacial score (nSPS) is 10.5. The third kappa shape index (κ3) is 5.93. The molecule has 1 amide bonds. The maximum absolute atomic E-state index is 13.1. The number of hydrogen-bond acceptors (Lipinski definition) is 6. The third-order valence-corrected chi connectivity index (χ3v) is 3.65. The van der Waals surface area contributed by atoms with Crippen molar-refractivity contribution < 1.29 is 37.3 Å². The first-order valence-corrected chi connectivity index (χ1v) is 8.27. The maximum atomic E-state index is 13.1. The summed E-state index contributed by atoms with van der Waals surface area (Å²) in [5.74, 6) is -2.40. The van der Waals surface area contributed by atoms with E-state index >= 15 is 0 Å². The highest BCUT2D eigenvalue weighted by Gasteiger charge is 2.12. The molecule has 0 spiro atoms. The molecule has 0 radical (unpaired) electrons. The average molecular weight is 407 g/mol. The Labute approximate surface area is 165 Å². The molecule has 154 valence electrons. The molecule has 0 aliphatic rings. The Morgan fingerprint density at radius 3 is 2.17 bits per heavy atom. The van der Waals surface area contributed by atoms with Crippen molar-refractivity contribution in [2.75, 3.05) is 33.3 Å². The standard InChI is InChI=1S/C20H19F2NO6/c1-26-16-8-12(9-17(27-2)20(16)28-3)4-7-19(25)29-11-18(24)23-13-5-6-14(21)15(22)10-13/h4-10H,11H2,1-3H3,(H,23,24)/b7-4+. The van der Waals surface area contributed by atoms with Crippen LogP contribution in [-0.4, -0.2) is 39.8 Å². The van der Waals surface area contributed by atoms with Crippen LogP contribution in [0.25, 0.3) is 6.08 Å². The van der Waals surface area contributed by atoms with Gasteiger partial charge >= 0.3 is 5.97 Å². The van der Waals surface area contributed by atoms with Crippen molar-refractivity contribution >= 4 is 23.6 Å². The Hall–Kier alpha value is -3.62. The van der Waals surface area contributed by atoms with E-state index in [4.69, 9.17) is 18.9 Å².